The summed E-state index contributed by atoms with van der Waals surface area (Å²) in [5.74, 6) is 0.795. The third kappa shape index (κ3) is 3.05. The van der Waals surface area contributed by atoms with Crippen molar-refractivity contribution in [3.8, 4) is 6.07 Å². The lowest BCUT2D eigenvalue weighted by molar-refractivity contribution is -0.107. The number of nitrogens with zero attached hydrogens (tertiary/aromatic N) is 1. The summed E-state index contributed by atoms with van der Waals surface area (Å²) >= 11 is 2.47. The average Bonchev–Trinajstić information content (AvgIpc) is 2.85. The van der Waals surface area contributed by atoms with E-state index in [2.05, 4.69) is 0 Å². The van der Waals surface area contributed by atoms with Gasteiger partial charge in [0, 0.05) is 10.6 Å². The van der Waals surface area contributed by atoms with Crippen molar-refractivity contribution < 1.29 is 9.53 Å². The Morgan fingerprint density at radius 1 is 1.41 bits per heavy atom. The van der Waals surface area contributed by atoms with Gasteiger partial charge in [0.2, 0.25) is 5.12 Å². The maximum Gasteiger partial charge on any atom is 0.239 e. The number of ether oxygens (including phenoxy) is 1. The molecule has 0 unspecified atom stereocenters. The summed E-state index contributed by atoms with van der Waals surface area (Å²) in [4.78, 5) is 12.7. The molecule has 0 radical (unpaired) electrons. The third-order valence-electron chi connectivity index (χ3n) is 2.02. The number of carbonyl (C=O) groups is 1. The molecule has 0 atom stereocenters. The van der Waals surface area contributed by atoms with E-state index >= 15 is 0 Å². The quantitative estimate of drug-likeness (QED) is 0.466. The Labute approximate surface area is 108 Å². The highest BCUT2D eigenvalue weighted by molar-refractivity contribution is 8.14. The molecule has 0 amide bonds. The summed E-state index contributed by atoms with van der Waals surface area (Å²) in [6, 6.07) is 11.2. The number of carbonyl (C=O) groups excluding carboxylic acids is 1. The minimum absolute atomic E-state index is 0.112. The molecule has 1 aromatic carbocycles. The van der Waals surface area contributed by atoms with Gasteiger partial charge in [0.1, 0.15) is 6.07 Å². The van der Waals surface area contributed by atoms with Crippen molar-refractivity contribution in [3.63, 3.8) is 0 Å². The molecule has 1 fully saturated rings. The molecule has 3 nitrogen and oxygen atoms in total. The van der Waals surface area contributed by atoms with Crippen molar-refractivity contribution in [1.82, 2.24) is 0 Å². The summed E-state index contributed by atoms with van der Waals surface area (Å²) in [7, 11) is 0. The summed E-state index contributed by atoms with van der Waals surface area (Å²) < 4.78 is 5.25. The number of nitriles is 1. The zero-order valence-electron chi connectivity index (χ0n) is 8.88. The fourth-order valence-corrected chi connectivity index (χ4v) is 2.89. The highest BCUT2D eigenvalue weighted by Crippen LogP contribution is 2.31. The molecule has 1 aromatic rings. The highest BCUT2D eigenvalue weighted by Gasteiger charge is 2.21. The maximum absolute atomic E-state index is 11.9. The van der Waals surface area contributed by atoms with Crippen molar-refractivity contribution in [2.24, 2.45) is 0 Å². The highest BCUT2D eigenvalue weighted by atomic mass is 32.2. The normalized spacial score (nSPS) is 17.1. The molecule has 0 bridgehead atoms. The van der Waals surface area contributed by atoms with E-state index in [-0.39, 0.29) is 10.7 Å². The van der Waals surface area contributed by atoms with E-state index in [9.17, 15) is 4.79 Å². The Kier molecular flexibility index (Phi) is 4.13. The largest absolute Gasteiger partial charge is 0.485 e. The lowest BCUT2D eigenvalue weighted by Gasteiger charge is -2.02. The van der Waals surface area contributed by atoms with Crippen molar-refractivity contribution in [3.05, 3.63) is 41.0 Å². The van der Waals surface area contributed by atoms with Gasteiger partial charge in [0.25, 0.3) is 0 Å². The number of hydrogen-bond donors (Lipinski definition) is 0. The van der Waals surface area contributed by atoms with E-state index < -0.39 is 0 Å². The van der Waals surface area contributed by atoms with Crippen molar-refractivity contribution in [1.29, 1.82) is 5.26 Å². The fraction of sp³-hybridized carbons (Fsp3) is 0.167. The zero-order valence-corrected chi connectivity index (χ0v) is 10.5. The number of hydrogen-bond acceptors (Lipinski definition) is 5. The van der Waals surface area contributed by atoms with E-state index in [1.165, 1.54) is 11.8 Å². The van der Waals surface area contributed by atoms with E-state index in [1.807, 2.05) is 36.4 Å². The minimum Gasteiger partial charge on any atom is -0.485 e. The van der Waals surface area contributed by atoms with E-state index in [4.69, 9.17) is 10.00 Å². The van der Waals surface area contributed by atoms with Gasteiger partial charge in [0.05, 0.1) is 6.61 Å². The van der Waals surface area contributed by atoms with Gasteiger partial charge >= 0.3 is 0 Å². The van der Waals surface area contributed by atoms with Crippen LogP contribution in [0, 0.1) is 11.3 Å². The van der Waals surface area contributed by atoms with Gasteiger partial charge in [-0.15, -0.1) is 0 Å². The molecule has 1 saturated heterocycles. The number of thioether (sulfide) groups is 2. The molecular weight excluding hydrogens is 254 g/mol. The third-order valence-corrected chi connectivity index (χ3v) is 3.88. The second-order valence-corrected chi connectivity index (χ2v) is 5.29. The zero-order chi connectivity index (χ0) is 12.1. The van der Waals surface area contributed by atoms with Gasteiger partial charge in [-0.05, 0) is 23.9 Å². The first-order valence-corrected chi connectivity index (χ1v) is 6.78. The Morgan fingerprint density at radius 3 is 2.76 bits per heavy atom. The van der Waals surface area contributed by atoms with Crippen LogP contribution in [0.3, 0.4) is 0 Å². The number of rotatable bonds is 2. The molecule has 5 heteroatoms. The van der Waals surface area contributed by atoms with Gasteiger partial charge in [-0.1, -0.05) is 30.0 Å². The second-order valence-electron chi connectivity index (χ2n) is 3.17. The van der Waals surface area contributed by atoms with Crippen LogP contribution in [0.25, 0.3) is 0 Å². The molecule has 1 aliphatic rings. The predicted molar refractivity (Wildman–Crippen MR) is 68.4 cm³/mol. The van der Waals surface area contributed by atoms with Crippen LogP contribution in [0.5, 0.6) is 0 Å². The molecule has 86 valence electrons. The smallest absolute Gasteiger partial charge is 0.239 e. The van der Waals surface area contributed by atoms with Gasteiger partial charge in [-0.25, -0.2) is 0 Å². The van der Waals surface area contributed by atoms with Crippen LogP contribution in [-0.2, 0) is 9.53 Å². The summed E-state index contributed by atoms with van der Waals surface area (Å²) in [5.41, 5.74) is 0.112. The lowest BCUT2D eigenvalue weighted by atomic mass is 10.4. The molecular formula is C12H9NO2S2. The van der Waals surface area contributed by atoms with Crippen molar-refractivity contribution in [2.45, 2.75) is 4.90 Å². The minimum atomic E-state index is -0.261. The predicted octanol–water partition coefficient (Wildman–Crippen LogP) is 2.80. The molecule has 0 aromatic heterocycles. The summed E-state index contributed by atoms with van der Waals surface area (Å²) in [6.07, 6.45) is 0. The second kappa shape index (κ2) is 5.80. The Morgan fingerprint density at radius 2 is 2.18 bits per heavy atom. The first-order chi connectivity index (χ1) is 8.31. The van der Waals surface area contributed by atoms with Crippen LogP contribution in [0.2, 0.25) is 0 Å². The molecule has 0 saturated carbocycles. The molecule has 0 aliphatic carbocycles. The standard InChI is InChI=1S/C12H9NO2S2/c13-8-10(12-15-6-7-16-12)11(14)17-9-4-2-1-3-5-9/h1-5H,6-7H2/b12-10-. The first-order valence-electron chi connectivity index (χ1n) is 4.98. The Bertz CT molecular complexity index is 483. The van der Waals surface area contributed by atoms with Gasteiger partial charge in [0.15, 0.2) is 10.7 Å². The van der Waals surface area contributed by atoms with E-state index in [0.29, 0.717) is 11.7 Å². The van der Waals surface area contributed by atoms with Gasteiger partial charge in [-0.3, -0.25) is 4.79 Å². The monoisotopic (exact) mass is 263 g/mol. The summed E-state index contributed by atoms with van der Waals surface area (Å²) in [5, 5.41) is 9.20. The van der Waals surface area contributed by atoms with E-state index in [1.54, 1.807) is 0 Å². The summed E-state index contributed by atoms with van der Waals surface area (Å²) in [6.45, 7) is 0.564. The van der Waals surface area contributed by atoms with Gasteiger partial charge < -0.3 is 4.74 Å². The molecule has 0 spiro atoms. The first kappa shape index (κ1) is 12.1. The topological polar surface area (TPSA) is 50.1 Å². The Hall–Kier alpha value is -1.38. The van der Waals surface area contributed by atoms with Crippen molar-refractivity contribution in [2.75, 3.05) is 12.4 Å². The molecule has 1 heterocycles. The van der Waals surface area contributed by atoms with Crippen LogP contribution in [0.15, 0.2) is 45.9 Å². The lowest BCUT2D eigenvalue weighted by Crippen LogP contribution is -1.98. The van der Waals surface area contributed by atoms with E-state index in [0.717, 1.165) is 22.4 Å². The van der Waals surface area contributed by atoms with Crippen LogP contribution in [0.4, 0.5) is 0 Å². The van der Waals surface area contributed by atoms with Crippen LogP contribution in [-0.4, -0.2) is 17.5 Å². The number of benzene rings is 1. The van der Waals surface area contributed by atoms with Crippen molar-refractivity contribution >= 4 is 28.6 Å². The molecule has 2 rings (SSSR count). The Balaban J connectivity index is 2.15. The van der Waals surface area contributed by atoms with Crippen LogP contribution >= 0.6 is 23.5 Å². The molecule has 17 heavy (non-hydrogen) atoms. The maximum atomic E-state index is 11.9. The SMILES string of the molecule is N#C/C(C(=O)Sc1ccccc1)=C1\OCCS1. The van der Waals surface area contributed by atoms with Gasteiger partial charge in [-0.2, -0.15) is 5.26 Å². The van der Waals surface area contributed by atoms with Crippen LogP contribution in [0.1, 0.15) is 0 Å². The fourth-order valence-electron chi connectivity index (χ4n) is 1.28. The average molecular weight is 263 g/mol. The van der Waals surface area contributed by atoms with Crippen LogP contribution < -0.4 is 0 Å². The molecule has 1 aliphatic heterocycles. The molecule has 0 N–H and O–H groups in total.